The lowest BCUT2D eigenvalue weighted by molar-refractivity contribution is 0.144. The van der Waals surface area contributed by atoms with Crippen molar-refractivity contribution in [2.75, 3.05) is 26.3 Å². The lowest BCUT2D eigenvalue weighted by atomic mass is 10.4. The van der Waals surface area contributed by atoms with E-state index in [2.05, 4.69) is 23.5 Å². The van der Waals surface area contributed by atoms with Gasteiger partial charge in [0, 0.05) is 26.0 Å². The quantitative estimate of drug-likeness (QED) is 0.657. The van der Waals surface area contributed by atoms with Crippen molar-refractivity contribution >= 4 is 0 Å². The number of aryl methyl sites for hydroxylation is 1. The lowest BCUT2D eigenvalue weighted by Crippen LogP contribution is -2.22. The average Bonchev–Trinajstić information content (AvgIpc) is 2.63. The van der Waals surface area contributed by atoms with E-state index in [0.29, 0.717) is 0 Å². The summed E-state index contributed by atoms with van der Waals surface area (Å²) in [5.74, 6) is 0. The Balaban J connectivity index is 1.93. The van der Waals surface area contributed by atoms with Gasteiger partial charge in [0.05, 0.1) is 12.7 Å². The van der Waals surface area contributed by atoms with Crippen molar-refractivity contribution in [3.05, 3.63) is 18.0 Å². The molecule has 0 saturated heterocycles. The topological polar surface area (TPSA) is 39.1 Å². The van der Waals surface area contributed by atoms with E-state index in [-0.39, 0.29) is 0 Å². The second kappa shape index (κ2) is 7.43. The Morgan fingerprint density at radius 1 is 1.47 bits per heavy atom. The molecule has 4 nitrogen and oxygen atoms in total. The summed E-state index contributed by atoms with van der Waals surface area (Å²) in [5, 5.41) is 7.58. The second-order valence-corrected chi connectivity index (χ2v) is 3.58. The van der Waals surface area contributed by atoms with E-state index in [0.717, 1.165) is 39.3 Å². The van der Waals surface area contributed by atoms with Crippen molar-refractivity contribution < 1.29 is 4.74 Å². The van der Waals surface area contributed by atoms with Gasteiger partial charge in [0.2, 0.25) is 0 Å². The largest absolute Gasteiger partial charge is 0.382 e. The minimum atomic E-state index is 0.812. The fourth-order valence-electron chi connectivity index (χ4n) is 1.35. The summed E-state index contributed by atoms with van der Waals surface area (Å²) in [5.41, 5.74) is 1.21. The van der Waals surface area contributed by atoms with E-state index in [4.69, 9.17) is 4.74 Å². The normalized spacial score (nSPS) is 10.8. The molecule has 4 heteroatoms. The molecule has 0 aliphatic carbocycles. The zero-order valence-electron chi connectivity index (χ0n) is 9.70. The molecule has 0 fully saturated rings. The molecule has 0 bridgehead atoms. The maximum absolute atomic E-state index is 5.24. The maximum atomic E-state index is 5.24. The van der Waals surface area contributed by atoms with Crippen LogP contribution in [0.5, 0.6) is 0 Å². The van der Waals surface area contributed by atoms with Crippen LogP contribution in [-0.2, 0) is 11.3 Å². The summed E-state index contributed by atoms with van der Waals surface area (Å²) < 4.78 is 7.21. The average molecular weight is 211 g/mol. The molecule has 15 heavy (non-hydrogen) atoms. The third-order valence-corrected chi connectivity index (χ3v) is 2.13. The van der Waals surface area contributed by atoms with Gasteiger partial charge in [0.15, 0.2) is 0 Å². The Kier molecular flexibility index (Phi) is 6.04. The van der Waals surface area contributed by atoms with Gasteiger partial charge in [-0.1, -0.05) is 0 Å². The number of nitrogens with one attached hydrogen (secondary N) is 1. The van der Waals surface area contributed by atoms with Gasteiger partial charge >= 0.3 is 0 Å². The number of hydrogen-bond donors (Lipinski definition) is 1. The number of hydrogen-bond acceptors (Lipinski definition) is 3. The highest BCUT2D eigenvalue weighted by Gasteiger charge is 1.93. The minimum Gasteiger partial charge on any atom is -0.382 e. The van der Waals surface area contributed by atoms with Crippen LogP contribution in [0.4, 0.5) is 0 Å². The van der Waals surface area contributed by atoms with Gasteiger partial charge in [-0.2, -0.15) is 5.10 Å². The Hall–Kier alpha value is -0.870. The predicted octanol–water partition coefficient (Wildman–Crippen LogP) is 1.21. The number of aromatic nitrogens is 2. The van der Waals surface area contributed by atoms with E-state index in [9.17, 15) is 0 Å². The first-order valence-corrected chi connectivity index (χ1v) is 5.60. The van der Waals surface area contributed by atoms with Crippen LogP contribution in [-0.4, -0.2) is 36.1 Å². The molecular weight excluding hydrogens is 190 g/mol. The third kappa shape index (κ3) is 5.54. The molecule has 0 saturated carbocycles. The Morgan fingerprint density at radius 3 is 3.00 bits per heavy atom. The monoisotopic (exact) mass is 211 g/mol. The molecule has 1 N–H and O–H groups in total. The molecule has 1 aromatic rings. The smallest absolute Gasteiger partial charge is 0.0534 e. The Bertz CT molecular complexity index is 260. The molecule has 0 radical (unpaired) electrons. The van der Waals surface area contributed by atoms with E-state index < -0.39 is 0 Å². The number of ether oxygens (including phenoxy) is 1. The van der Waals surface area contributed by atoms with Crippen molar-refractivity contribution in [2.24, 2.45) is 0 Å². The summed E-state index contributed by atoms with van der Waals surface area (Å²) in [4.78, 5) is 0. The van der Waals surface area contributed by atoms with Crippen molar-refractivity contribution in [3.63, 3.8) is 0 Å². The van der Waals surface area contributed by atoms with Gasteiger partial charge in [-0.15, -0.1) is 0 Å². The van der Waals surface area contributed by atoms with Crippen LogP contribution >= 0.6 is 0 Å². The summed E-state index contributed by atoms with van der Waals surface area (Å²) in [6, 6.07) is 0. The number of rotatable bonds is 8. The first-order valence-electron chi connectivity index (χ1n) is 5.60. The zero-order chi connectivity index (χ0) is 10.9. The van der Waals surface area contributed by atoms with Gasteiger partial charge in [-0.3, -0.25) is 4.68 Å². The highest BCUT2D eigenvalue weighted by molar-refractivity contribution is 4.99. The highest BCUT2D eigenvalue weighted by Crippen LogP contribution is 1.92. The van der Waals surface area contributed by atoms with Gasteiger partial charge in [-0.25, -0.2) is 0 Å². The van der Waals surface area contributed by atoms with E-state index in [1.165, 1.54) is 5.56 Å². The molecule has 0 aliphatic heterocycles. The van der Waals surface area contributed by atoms with Gasteiger partial charge in [0.25, 0.3) is 0 Å². The van der Waals surface area contributed by atoms with Gasteiger partial charge < -0.3 is 10.1 Å². The molecule has 1 rings (SSSR count). The summed E-state index contributed by atoms with van der Waals surface area (Å²) >= 11 is 0. The molecule has 1 aromatic heterocycles. The van der Waals surface area contributed by atoms with Crippen molar-refractivity contribution in [3.8, 4) is 0 Å². The molecular formula is C11H21N3O. The fourth-order valence-corrected chi connectivity index (χ4v) is 1.35. The van der Waals surface area contributed by atoms with Crippen LogP contribution in [0.3, 0.4) is 0 Å². The van der Waals surface area contributed by atoms with E-state index >= 15 is 0 Å². The highest BCUT2D eigenvalue weighted by atomic mass is 16.5. The second-order valence-electron chi connectivity index (χ2n) is 3.58. The lowest BCUT2D eigenvalue weighted by Gasteiger charge is -2.04. The standard InChI is InChI=1S/C11H21N3O/c1-3-15-8-4-5-12-6-7-14-10-11(2)9-13-14/h9-10,12H,3-8H2,1-2H3. The van der Waals surface area contributed by atoms with Crippen LogP contribution < -0.4 is 5.32 Å². The van der Waals surface area contributed by atoms with Crippen LogP contribution in [0.15, 0.2) is 12.4 Å². The predicted molar refractivity (Wildman–Crippen MR) is 60.9 cm³/mol. The third-order valence-electron chi connectivity index (χ3n) is 2.13. The van der Waals surface area contributed by atoms with Crippen molar-refractivity contribution in [1.82, 2.24) is 15.1 Å². The van der Waals surface area contributed by atoms with Gasteiger partial charge in [-0.05, 0) is 32.4 Å². The SMILES string of the molecule is CCOCCCNCCn1cc(C)cn1. The molecule has 0 aliphatic rings. The first-order chi connectivity index (χ1) is 7.33. The molecule has 0 aromatic carbocycles. The maximum Gasteiger partial charge on any atom is 0.0534 e. The van der Waals surface area contributed by atoms with Crippen LogP contribution in [0.25, 0.3) is 0 Å². The van der Waals surface area contributed by atoms with Crippen LogP contribution in [0, 0.1) is 6.92 Å². The summed E-state index contributed by atoms with van der Waals surface area (Å²) in [6.07, 6.45) is 5.02. The molecule has 86 valence electrons. The fraction of sp³-hybridized carbons (Fsp3) is 0.727. The summed E-state index contributed by atoms with van der Waals surface area (Å²) in [7, 11) is 0. The van der Waals surface area contributed by atoms with Crippen molar-refractivity contribution in [2.45, 2.75) is 26.8 Å². The molecule has 0 spiro atoms. The Labute approximate surface area is 91.6 Å². The van der Waals surface area contributed by atoms with E-state index in [1.807, 2.05) is 17.8 Å². The number of nitrogens with zero attached hydrogens (tertiary/aromatic N) is 2. The van der Waals surface area contributed by atoms with Crippen LogP contribution in [0.2, 0.25) is 0 Å². The molecule has 0 unspecified atom stereocenters. The van der Waals surface area contributed by atoms with Crippen LogP contribution in [0.1, 0.15) is 18.9 Å². The Morgan fingerprint density at radius 2 is 2.33 bits per heavy atom. The molecule has 0 amide bonds. The zero-order valence-corrected chi connectivity index (χ0v) is 9.70. The molecule has 0 atom stereocenters. The molecule has 1 heterocycles. The van der Waals surface area contributed by atoms with Gasteiger partial charge in [0.1, 0.15) is 0 Å². The van der Waals surface area contributed by atoms with E-state index in [1.54, 1.807) is 0 Å². The minimum absolute atomic E-state index is 0.812. The first kappa shape index (κ1) is 12.2. The summed E-state index contributed by atoms with van der Waals surface area (Å²) in [6.45, 7) is 8.65. The van der Waals surface area contributed by atoms with Crippen molar-refractivity contribution in [1.29, 1.82) is 0 Å².